The van der Waals surface area contributed by atoms with Crippen LogP contribution in [-0.2, 0) is 0 Å². The molecular weight excluding hydrogens is 92.1 g/mol. The van der Waals surface area contributed by atoms with Crippen LogP contribution in [0.5, 0.6) is 0 Å². The van der Waals surface area contributed by atoms with E-state index in [9.17, 15) is 0 Å². The third kappa shape index (κ3) is 6150. The van der Waals surface area contributed by atoms with E-state index in [1.165, 1.54) is 0 Å². The molecule has 0 fully saturated rings. The fraction of sp³-hybridized carbons (Fsp3) is 1.00. The summed E-state index contributed by atoms with van der Waals surface area (Å²) in [6.07, 6.45) is 0. The predicted molar refractivity (Wildman–Crippen MR) is 32.6 cm³/mol. The van der Waals surface area contributed by atoms with Gasteiger partial charge in [0.05, 0.1) is 0 Å². The molecule has 7 N–H and O–H groups in total. The number of hydrogen-bond acceptors (Lipinski definition) is 2. The van der Waals surface area contributed by atoms with Crippen LogP contribution < -0.4 is 11.9 Å². The Kier molecular flexibility index (Phi) is 9.14. The molecule has 3 nitrogen and oxygen atoms in total. The van der Waals surface area contributed by atoms with E-state index in [0.29, 0.717) is 0 Å². The van der Waals surface area contributed by atoms with E-state index >= 15 is 0 Å². The normalized spacial score (nSPS) is 8.57. The first-order valence-corrected chi connectivity index (χ1v) is 1.79. The van der Waals surface area contributed by atoms with Crippen molar-refractivity contribution in [1.29, 1.82) is 0 Å². The van der Waals surface area contributed by atoms with E-state index in [2.05, 4.69) is 0 Å². The van der Waals surface area contributed by atoms with Crippen LogP contribution in [0.3, 0.4) is 0 Å². The van der Waals surface area contributed by atoms with Gasteiger partial charge < -0.3 is 17.4 Å². The van der Waals surface area contributed by atoms with Crippen molar-refractivity contribution in [3.63, 3.8) is 0 Å². The highest BCUT2D eigenvalue weighted by Gasteiger charge is 1.95. The molecule has 0 bridgehead atoms. The van der Waals surface area contributed by atoms with Gasteiger partial charge in [0.25, 0.3) is 0 Å². The van der Waals surface area contributed by atoms with Crippen molar-refractivity contribution < 1.29 is 5.48 Å². The Labute approximate surface area is 44.8 Å². The van der Waals surface area contributed by atoms with Crippen LogP contribution in [0.4, 0.5) is 0 Å². The van der Waals surface area contributed by atoms with Crippen LogP contribution in [0.25, 0.3) is 0 Å². The Hall–Kier alpha value is -0.120. The summed E-state index contributed by atoms with van der Waals surface area (Å²) < 4.78 is 0. The van der Waals surface area contributed by atoms with Gasteiger partial charge in [0, 0.05) is 5.54 Å². The van der Waals surface area contributed by atoms with Gasteiger partial charge in [-0.05, 0) is 20.8 Å². The molecule has 7 heavy (non-hydrogen) atoms. The number of hydrogen-bond donors (Lipinski definition) is 2. The van der Waals surface area contributed by atoms with Gasteiger partial charge in [0.1, 0.15) is 0 Å². The van der Waals surface area contributed by atoms with Crippen molar-refractivity contribution in [3.8, 4) is 0 Å². The molecule has 0 heterocycles. The molecule has 0 saturated carbocycles. The van der Waals surface area contributed by atoms with Crippen molar-refractivity contribution in [1.82, 2.24) is 6.15 Å². The molecule has 48 valence electrons. The van der Waals surface area contributed by atoms with Crippen molar-refractivity contribution >= 4 is 0 Å². The fourth-order valence-electron chi connectivity index (χ4n) is 0. The van der Waals surface area contributed by atoms with E-state index in [0.717, 1.165) is 0 Å². The second kappa shape index (κ2) is 4.05. The van der Waals surface area contributed by atoms with Gasteiger partial charge in [0.2, 0.25) is 0 Å². The van der Waals surface area contributed by atoms with Crippen LogP contribution in [-0.4, -0.2) is 11.0 Å². The molecule has 0 aliphatic carbocycles. The molecular formula is C4H16N2O. The highest BCUT2D eigenvalue weighted by atomic mass is 16.0. The second-order valence-corrected chi connectivity index (χ2v) is 2.37. The van der Waals surface area contributed by atoms with Crippen molar-refractivity contribution in [2.24, 2.45) is 5.73 Å². The van der Waals surface area contributed by atoms with Gasteiger partial charge in [-0.2, -0.15) is 0 Å². The molecule has 0 aromatic heterocycles. The topological polar surface area (TPSA) is 92.5 Å². The standard InChI is InChI=1S/C4H11N.H3N.H2O/c1-4(2,3)5;;/h5H2,1-3H3;1H3;1H2. The van der Waals surface area contributed by atoms with Crippen LogP contribution in [0.2, 0.25) is 0 Å². The lowest BCUT2D eigenvalue weighted by Gasteiger charge is -2.06. The van der Waals surface area contributed by atoms with Crippen LogP contribution >= 0.6 is 0 Å². The molecule has 0 radical (unpaired) electrons. The molecule has 0 aromatic rings. The van der Waals surface area contributed by atoms with E-state index in [4.69, 9.17) is 5.73 Å². The third-order valence-electron chi connectivity index (χ3n) is 0. The molecule has 0 rings (SSSR count). The lowest BCUT2D eigenvalue weighted by molar-refractivity contribution is 0.580. The van der Waals surface area contributed by atoms with Gasteiger partial charge >= 0.3 is 0 Å². The fourth-order valence-corrected chi connectivity index (χ4v) is 0. The van der Waals surface area contributed by atoms with Gasteiger partial charge in [-0.25, -0.2) is 0 Å². The Morgan fingerprint density at radius 2 is 1.14 bits per heavy atom. The Morgan fingerprint density at radius 3 is 1.14 bits per heavy atom. The SMILES string of the molecule is CC(C)(C)N.N.O. The average Bonchev–Trinajstić information content (AvgIpc) is 0.722. The zero-order valence-corrected chi connectivity index (χ0v) is 5.28. The van der Waals surface area contributed by atoms with E-state index < -0.39 is 0 Å². The van der Waals surface area contributed by atoms with Crippen molar-refractivity contribution in [3.05, 3.63) is 0 Å². The Bertz CT molecular complexity index is 25.2. The van der Waals surface area contributed by atoms with Crippen molar-refractivity contribution in [2.75, 3.05) is 0 Å². The first-order valence-electron chi connectivity index (χ1n) is 1.79. The molecule has 0 aliphatic rings. The van der Waals surface area contributed by atoms with E-state index in [1.807, 2.05) is 20.8 Å². The summed E-state index contributed by atoms with van der Waals surface area (Å²) in [7, 11) is 0. The third-order valence-corrected chi connectivity index (χ3v) is 0. The summed E-state index contributed by atoms with van der Waals surface area (Å²) in [6, 6.07) is 0. The maximum Gasteiger partial charge on any atom is 0.00686 e. The lowest BCUT2D eigenvalue weighted by atomic mass is 10.1. The molecule has 0 aromatic carbocycles. The maximum absolute atomic E-state index is 5.35. The molecule has 3 heteroatoms. The average molecular weight is 108 g/mol. The minimum Gasteiger partial charge on any atom is -0.412 e. The van der Waals surface area contributed by atoms with Crippen LogP contribution in [0.15, 0.2) is 0 Å². The van der Waals surface area contributed by atoms with Crippen LogP contribution in [0.1, 0.15) is 20.8 Å². The summed E-state index contributed by atoms with van der Waals surface area (Å²) in [4.78, 5) is 0. The predicted octanol–water partition coefficient (Wildman–Crippen LogP) is 0.0809. The quantitative estimate of drug-likeness (QED) is 0.460. The first-order chi connectivity index (χ1) is 2.00. The highest BCUT2D eigenvalue weighted by molar-refractivity contribution is 4.60. The zero-order valence-electron chi connectivity index (χ0n) is 5.28. The molecule has 0 amide bonds. The zero-order chi connectivity index (χ0) is 4.50. The summed E-state index contributed by atoms with van der Waals surface area (Å²) in [6.45, 7) is 5.90. The maximum atomic E-state index is 5.35. The summed E-state index contributed by atoms with van der Waals surface area (Å²) >= 11 is 0. The number of rotatable bonds is 0. The Morgan fingerprint density at radius 1 is 1.14 bits per heavy atom. The van der Waals surface area contributed by atoms with Crippen LogP contribution in [0, 0.1) is 0 Å². The molecule has 0 saturated heterocycles. The monoisotopic (exact) mass is 108 g/mol. The Balaban J connectivity index is -0.0000000800. The molecule has 0 aliphatic heterocycles. The van der Waals surface area contributed by atoms with Gasteiger partial charge in [-0.3, -0.25) is 0 Å². The smallest absolute Gasteiger partial charge is 0.00686 e. The summed E-state index contributed by atoms with van der Waals surface area (Å²) in [5, 5.41) is 0. The van der Waals surface area contributed by atoms with E-state index in [-0.39, 0.29) is 17.2 Å². The highest BCUT2D eigenvalue weighted by Crippen LogP contribution is 1.88. The van der Waals surface area contributed by atoms with Crippen molar-refractivity contribution in [2.45, 2.75) is 26.3 Å². The molecule has 0 unspecified atom stereocenters. The largest absolute Gasteiger partial charge is 0.412 e. The lowest BCUT2D eigenvalue weighted by Crippen LogP contribution is -2.26. The first kappa shape index (κ1) is 15.8. The van der Waals surface area contributed by atoms with Gasteiger partial charge in [-0.15, -0.1) is 0 Å². The molecule has 0 atom stereocenters. The molecule has 0 spiro atoms. The summed E-state index contributed by atoms with van der Waals surface area (Å²) in [5.74, 6) is 0. The summed E-state index contributed by atoms with van der Waals surface area (Å²) in [5.41, 5.74) is 5.35. The number of nitrogens with two attached hydrogens (primary N) is 1. The van der Waals surface area contributed by atoms with E-state index in [1.54, 1.807) is 0 Å². The van der Waals surface area contributed by atoms with Gasteiger partial charge in [0.15, 0.2) is 0 Å². The van der Waals surface area contributed by atoms with Gasteiger partial charge in [-0.1, -0.05) is 0 Å². The second-order valence-electron chi connectivity index (χ2n) is 2.37. The minimum atomic E-state index is 0. The minimum absolute atomic E-state index is 0.